The number of nitrogens with zero attached hydrogens (tertiary/aromatic N) is 2. The average Bonchev–Trinajstić information content (AvgIpc) is 2.69. The predicted molar refractivity (Wildman–Crippen MR) is 108 cm³/mol. The van der Waals surface area contributed by atoms with Crippen LogP contribution in [-0.4, -0.2) is 42.1 Å². The van der Waals surface area contributed by atoms with Gasteiger partial charge in [0.2, 0.25) is 6.10 Å². The summed E-state index contributed by atoms with van der Waals surface area (Å²) in [5, 5.41) is 10.1. The van der Waals surface area contributed by atoms with Crippen molar-refractivity contribution in [1.29, 1.82) is 0 Å². The molecule has 2 aromatic rings. The number of aliphatic carboxylic acids is 1. The molecule has 0 fully saturated rings. The average molecular weight is 380 g/mol. The van der Waals surface area contributed by atoms with E-state index in [1.165, 1.54) is 7.11 Å². The molecule has 1 N–H and O–H groups in total. The van der Waals surface area contributed by atoms with Gasteiger partial charge in [0.25, 0.3) is 0 Å². The quantitative estimate of drug-likeness (QED) is 0.829. The fourth-order valence-corrected chi connectivity index (χ4v) is 3.55. The van der Waals surface area contributed by atoms with Crippen molar-refractivity contribution in [2.75, 3.05) is 7.11 Å². The monoisotopic (exact) mass is 380 g/mol. The topological polar surface area (TPSA) is 80.5 Å². The van der Waals surface area contributed by atoms with Crippen molar-refractivity contribution < 1.29 is 19.4 Å². The van der Waals surface area contributed by atoms with Gasteiger partial charge in [0.05, 0.1) is 6.04 Å². The molecule has 6 nitrogen and oxygen atoms in total. The summed E-state index contributed by atoms with van der Waals surface area (Å²) < 4.78 is 11.8. The number of ether oxygens (including phenoxy) is 2. The van der Waals surface area contributed by atoms with Crippen molar-refractivity contribution in [1.82, 2.24) is 0 Å². The molecule has 0 saturated carbocycles. The standard InChI is InChI=1S/C22H24N2O4/c1-15-14-16(2)24-21(23-15)28-19(20(25)26)22(27-3,17-10-6-4-7-11-17)18-12-8-5-9-13-18/h4-13,15,19H,14H2,1-3H3,(H,25,26). The number of methoxy groups -OCH3 is 1. The number of benzene rings is 2. The van der Waals surface area contributed by atoms with E-state index in [1.807, 2.05) is 74.5 Å². The number of rotatable bonds is 6. The minimum absolute atomic E-state index is 0.0210. The van der Waals surface area contributed by atoms with Crippen molar-refractivity contribution in [2.45, 2.75) is 38.0 Å². The van der Waals surface area contributed by atoms with E-state index < -0.39 is 17.7 Å². The van der Waals surface area contributed by atoms with Gasteiger partial charge in [-0.1, -0.05) is 60.7 Å². The molecule has 0 aromatic heterocycles. The zero-order chi connectivity index (χ0) is 20.1. The Hall–Kier alpha value is -2.99. The molecular formula is C22H24N2O4. The van der Waals surface area contributed by atoms with Crippen LogP contribution in [0.25, 0.3) is 0 Å². The summed E-state index contributed by atoms with van der Waals surface area (Å²) in [5.41, 5.74) is 0.813. The van der Waals surface area contributed by atoms with Crippen molar-refractivity contribution in [3.05, 3.63) is 71.8 Å². The van der Waals surface area contributed by atoms with E-state index in [1.54, 1.807) is 0 Å². The van der Waals surface area contributed by atoms with Gasteiger partial charge in [0.1, 0.15) is 0 Å². The van der Waals surface area contributed by atoms with Crippen molar-refractivity contribution in [3.8, 4) is 0 Å². The number of amidine groups is 1. The first-order valence-electron chi connectivity index (χ1n) is 9.15. The third kappa shape index (κ3) is 3.82. The second kappa shape index (κ2) is 8.35. The summed E-state index contributed by atoms with van der Waals surface area (Å²) in [5.74, 6) is -1.16. The SMILES string of the molecule is COC(c1ccccc1)(c1ccccc1)C(OC1=NC(C)CC(C)=N1)C(=O)O. The van der Waals surface area contributed by atoms with Gasteiger partial charge < -0.3 is 14.6 Å². The lowest BCUT2D eigenvalue weighted by molar-refractivity contribution is -0.161. The minimum atomic E-state index is -1.39. The Morgan fingerprint density at radius 1 is 1.11 bits per heavy atom. The lowest BCUT2D eigenvalue weighted by Crippen LogP contribution is -2.49. The van der Waals surface area contributed by atoms with E-state index in [-0.39, 0.29) is 12.1 Å². The lowest BCUT2D eigenvalue weighted by Gasteiger charge is -2.38. The zero-order valence-electron chi connectivity index (χ0n) is 16.2. The second-order valence-electron chi connectivity index (χ2n) is 6.82. The summed E-state index contributed by atoms with van der Waals surface area (Å²) in [6.07, 6.45) is -0.667. The summed E-state index contributed by atoms with van der Waals surface area (Å²) in [4.78, 5) is 21.1. The molecule has 0 bridgehead atoms. The molecule has 1 aliphatic rings. The van der Waals surface area contributed by atoms with Gasteiger partial charge in [-0.15, -0.1) is 0 Å². The van der Waals surface area contributed by atoms with Gasteiger partial charge in [-0.2, -0.15) is 0 Å². The Morgan fingerprint density at radius 2 is 1.64 bits per heavy atom. The third-order valence-corrected chi connectivity index (χ3v) is 4.75. The molecule has 3 rings (SSSR count). The molecule has 28 heavy (non-hydrogen) atoms. The van der Waals surface area contributed by atoms with E-state index >= 15 is 0 Å². The van der Waals surface area contributed by atoms with Gasteiger partial charge in [-0.05, 0) is 25.0 Å². The van der Waals surface area contributed by atoms with Crippen LogP contribution in [0, 0.1) is 0 Å². The summed E-state index contributed by atoms with van der Waals surface area (Å²) in [6.45, 7) is 3.82. The Kier molecular flexibility index (Phi) is 5.90. The lowest BCUT2D eigenvalue weighted by atomic mass is 9.81. The zero-order valence-corrected chi connectivity index (χ0v) is 16.2. The minimum Gasteiger partial charge on any atom is -0.478 e. The molecule has 1 aliphatic heterocycles. The first-order chi connectivity index (χ1) is 13.5. The van der Waals surface area contributed by atoms with Crippen molar-refractivity contribution in [2.24, 2.45) is 9.98 Å². The number of hydrogen-bond donors (Lipinski definition) is 1. The molecule has 2 unspecified atom stereocenters. The maximum Gasteiger partial charge on any atom is 0.348 e. The van der Waals surface area contributed by atoms with Gasteiger partial charge in [-0.25, -0.2) is 14.8 Å². The molecule has 0 amide bonds. The molecule has 0 aliphatic carbocycles. The molecule has 0 saturated heterocycles. The molecule has 0 spiro atoms. The fraction of sp³-hybridized carbons (Fsp3) is 0.318. The molecule has 146 valence electrons. The highest BCUT2D eigenvalue weighted by Crippen LogP contribution is 2.38. The van der Waals surface area contributed by atoms with Crippen LogP contribution in [0.1, 0.15) is 31.4 Å². The van der Waals surface area contributed by atoms with Crippen LogP contribution in [0.3, 0.4) is 0 Å². The fourth-order valence-electron chi connectivity index (χ4n) is 3.55. The van der Waals surface area contributed by atoms with E-state index in [0.29, 0.717) is 11.1 Å². The van der Waals surface area contributed by atoms with Gasteiger partial charge in [0.15, 0.2) is 5.60 Å². The van der Waals surface area contributed by atoms with E-state index in [2.05, 4.69) is 9.98 Å². The number of hydrogen-bond acceptors (Lipinski definition) is 5. The maximum atomic E-state index is 12.4. The van der Waals surface area contributed by atoms with Crippen LogP contribution in [-0.2, 0) is 19.9 Å². The van der Waals surface area contributed by atoms with Crippen LogP contribution in [0.5, 0.6) is 0 Å². The van der Waals surface area contributed by atoms with Crippen LogP contribution >= 0.6 is 0 Å². The molecule has 2 atom stereocenters. The highest BCUT2D eigenvalue weighted by molar-refractivity contribution is 5.96. The first kappa shape index (κ1) is 19.8. The normalized spacial score (nSPS) is 18.0. The molecule has 2 aromatic carbocycles. The van der Waals surface area contributed by atoms with Crippen LogP contribution < -0.4 is 0 Å². The highest BCUT2D eigenvalue weighted by Gasteiger charge is 2.49. The van der Waals surface area contributed by atoms with E-state index in [9.17, 15) is 9.90 Å². The summed E-state index contributed by atoms with van der Waals surface area (Å²) >= 11 is 0. The maximum absolute atomic E-state index is 12.4. The molecule has 6 heteroatoms. The number of carbonyl (C=O) groups is 1. The summed E-state index contributed by atoms with van der Waals surface area (Å²) in [6, 6.07) is 18.5. The molecule has 1 heterocycles. The van der Waals surface area contributed by atoms with E-state index in [0.717, 1.165) is 12.1 Å². The van der Waals surface area contributed by atoms with Crippen molar-refractivity contribution in [3.63, 3.8) is 0 Å². The second-order valence-corrected chi connectivity index (χ2v) is 6.82. The Labute approximate surface area is 164 Å². The molecule has 0 radical (unpaired) electrons. The van der Waals surface area contributed by atoms with Crippen molar-refractivity contribution >= 4 is 17.7 Å². The smallest absolute Gasteiger partial charge is 0.348 e. The third-order valence-electron chi connectivity index (χ3n) is 4.75. The Morgan fingerprint density at radius 3 is 2.07 bits per heavy atom. The number of carboxylic acids is 1. The van der Waals surface area contributed by atoms with Crippen LogP contribution in [0.4, 0.5) is 0 Å². The largest absolute Gasteiger partial charge is 0.478 e. The summed E-state index contributed by atoms with van der Waals surface area (Å²) in [7, 11) is 1.49. The van der Waals surface area contributed by atoms with Gasteiger partial charge in [-0.3, -0.25) is 0 Å². The van der Waals surface area contributed by atoms with Crippen LogP contribution in [0.2, 0.25) is 0 Å². The van der Waals surface area contributed by atoms with Gasteiger partial charge in [0, 0.05) is 19.2 Å². The first-order valence-corrected chi connectivity index (χ1v) is 9.15. The van der Waals surface area contributed by atoms with Gasteiger partial charge >= 0.3 is 12.0 Å². The Bertz CT molecular complexity index is 838. The molecular weight excluding hydrogens is 356 g/mol. The number of carboxylic acid groups (broad SMARTS) is 1. The van der Waals surface area contributed by atoms with E-state index in [4.69, 9.17) is 9.47 Å². The predicted octanol–water partition coefficient (Wildman–Crippen LogP) is 3.66. The number of aliphatic imine (C=N–C) groups is 2. The van der Waals surface area contributed by atoms with Crippen LogP contribution in [0.15, 0.2) is 70.6 Å². The Balaban J connectivity index is 2.15. The highest BCUT2D eigenvalue weighted by atomic mass is 16.6.